The molecule has 0 unspecified atom stereocenters. The van der Waals surface area contributed by atoms with Crippen LogP contribution in [-0.2, 0) is 14.8 Å². The fourth-order valence-electron chi connectivity index (χ4n) is 3.71. The summed E-state index contributed by atoms with van der Waals surface area (Å²) in [5, 5.41) is 3.43. The fraction of sp³-hybridized carbons (Fsp3) is 0.458. The van der Waals surface area contributed by atoms with E-state index in [-0.39, 0.29) is 40.1 Å². The summed E-state index contributed by atoms with van der Waals surface area (Å²) in [5.74, 6) is 0.697. The largest absolute Gasteiger partial charge is 0.497 e. The summed E-state index contributed by atoms with van der Waals surface area (Å²) in [6.07, 6.45) is -0.160. The Balaban J connectivity index is 1.94. The molecule has 2 aromatic rings. The number of hydrogen-bond acceptors (Lipinski definition) is 7. The highest BCUT2D eigenvalue weighted by Gasteiger charge is 2.26. The maximum absolute atomic E-state index is 13.4. The van der Waals surface area contributed by atoms with Crippen molar-refractivity contribution in [3.05, 3.63) is 48.0 Å². The Hall–Kier alpha value is -2.82. The summed E-state index contributed by atoms with van der Waals surface area (Å²) in [5.41, 5.74) is 0.519. The highest BCUT2D eigenvalue weighted by molar-refractivity contribution is 7.92. The third kappa shape index (κ3) is 6.19. The molecule has 0 radical (unpaired) electrons. The predicted octanol–water partition coefficient (Wildman–Crippen LogP) is 2.59. The molecule has 0 fully saturated rings. The van der Waals surface area contributed by atoms with Crippen LogP contribution in [0.3, 0.4) is 0 Å². The van der Waals surface area contributed by atoms with Crippen molar-refractivity contribution < 1.29 is 27.4 Å². The standard InChI is InChI=1S/C24H33N3O6S/c1-16-13-25-17(2)15-33-22-10-9-18(11-21(22)24(28)27(3)14-23(16)32-5)26-34(29,30)20-8-6-7-19(12-20)31-4/h6-12,16-17,23,25-26H,13-15H2,1-5H3/t16-,17-,23+/m1/s1. The van der Waals surface area contributed by atoms with Gasteiger partial charge in [-0.2, -0.15) is 0 Å². The van der Waals surface area contributed by atoms with Gasteiger partial charge < -0.3 is 24.4 Å². The maximum atomic E-state index is 13.4. The lowest BCUT2D eigenvalue weighted by atomic mass is 10.0. The van der Waals surface area contributed by atoms with Gasteiger partial charge in [-0.25, -0.2) is 8.42 Å². The molecule has 9 nitrogen and oxygen atoms in total. The predicted molar refractivity (Wildman–Crippen MR) is 130 cm³/mol. The molecule has 0 saturated carbocycles. The van der Waals surface area contributed by atoms with Gasteiger partial charge in [0.15, 0.2) is 0 Å². The summed E-state index contributed by atoms with van der Waals surface area (Å²) in [6, 6.07) is 10.9. The summed E-state index contributed by atoms with van der Waals surface area (Å²) in [7, 11) is 0.901. The molecule has 2 aromatic carbocycles. The van der Waals surface area contributed by atoms with Gasteiger partial charge >= 0.3 is 0 Å². The number of sulfonamides is 1. The average Bonchev–Trinajstić information content (AvgIpc) is 2.83. The Labute approximate surface area is 201 Å². The number of methoxy groups -OCH3 is 2. The summed E-state index contributed by atoms with van der Waals surface area (Å²) >= 11 is 0. The normalized spacial score (nSPS) is 22.1. The molecule has 1 aliphatic rings. The van der Waals surface area contributed by atoms with Crippen LogP contribution in [0.5, 0.6) is 11.5 Å². The van der Waals surface area contributed by atoms with Gasteiger partial charge in [-0.05, 0) is 43.2 Å². The third-order valence-electron chi connectivity index (χ3n) is 5.83. The van der Waals surface area contributed by atoms with Crippen molar-refractivity contribution in [3.63, 3.8) is 0 Å². The molecule has 186 valence electrons. The van der Waals surface area contributed by atoms with Crippen LogP contribution in [0.4, 0.5) is 5.69 Å². The van der Waals surface area contributed by atoms with E-state index in [0.717, 1.165) is 6.54 Å². The van der Waals surface area contributed by atoms with E-state index < -0.39 is 10.0 Å². The maximum Gasteiger partial charge on any atom is 0.262 e. The number of carbonyl (C=O) groups is 1. The lowest BCUT2D eigenvalue weighted by molar-refractivity contribution is 0.0281. The molecule has 1 aliphatic heterocycles. The second kappa shape index (κ2) is 11.1. The van der Waals surface area contributed by atoms with Crippen molar-refractivity contribution in [1.82, 2.24) is 10.2 Å². The van der Waals surface area contributed by atoms with Gasteiger partial charge in [0.05, 0.1) is 23.7 Å². The summed E-state index contributed by atoms with van der Waals surface area (Å²) in [4.78, 5) is 15.0. The van der Waals surface area contributed by atoms with Gasteiger partial charge in [-0.1, -0.05) is 13.0 Å². The number of ether oxygens (including phenoxy) is 3. The Kier molecular flexibility index (Phi) is 8.40. The van der Waals surface area contributed by atoms with Crippen LogP contribution in [0.1, 0.15) is 24.2 Å². The number of nitrogens with one attached hydrogen (secondary N) is 2. The van der Waals surface area contributed by atoms with Gasteiger partial charge in [-0.15, -0.1) is 0 Å². The van der Waals surface area contributed by atoms with Gasteiger partial charge in [0.25, 0.3) is 15.9 Å². The molecule has 10 heteroatoms. The molecule has 34 heavy (non-hydrogen) atoms. The highest BCUT2D eigenvalue weighted by Crippen LogP contribution is 2.27. The first kappa shape index (κ1) is 25.8. The fourth-order valence-corrected chi connectivity index (χ4v) is 4.79. The quantitative estimate of drug-likeness (QED) is 0.662. The molecule has 0 aliphatic carbocycles. The van der Waals surface area contributed by atoms with E-state index in [0.29, 0.717) is 24.7 Å². The summed E-state index contributed by atoms with van der Waals surface area (Å²) < 4.78 is 45.1. The second-order valence-electron chi connectivity index (χ2n) is 8.55. The van der Waals surface area contributed by atoms with Crippen LogP contribution >= 0.6 is 0 Å². The lowest BCUT2D eigenvalue weighted by Crippen LogP contribution is -2.44. The van der Waals surface area contributed by atoms with E-state index in [9.17, 15) is 13.2 Å². The Morgan fingerprint density at radius 2 is 1.91 bits per heavy atom. The Morgan fingerprint density at radius 1 is 1.15 bits per heavy atom. The van der Waals surface area contributed by atoms with E-state index in [1.807, 2.05) is 6.92 Å². The Bertz CT molecular complexity index is 1110. The molecule has 0 saturated heterocycles. The first-order valence-corrected chi connectivity index (χ1v) is 12.6. The van der Waals surface area contributed by atoms with Crippen molar-refractivity contribution in [3.8, 4) is 11.5 Å². The minimum atomic E-state index is -3.90. The van der Waals surface area contributed by atoms with Crippen molar-refractivity contribution in [2.45, 2.75) is 30.9 Å². The zero-order valence-electron chi connectivity index (χ0n) is 20.2. The van der Waals surface area contributed by atoms with Gasteiger partial charge in [-0.3, -0.25) is 9.52 Å². The minimum absolute atomic E-state index is 0.0475. The highest BCUT2D eigenvalue weighted by atomic mass is 32.2. The number of hydrogen-bond donors (Lipinski definition) is 2. The van der Waals surface area contributed by atoms with Gasteiger partial charge in [0.1, 0.15) is 18.1 Å². The number of benzene rings is 2. The number of likely N-dealkylation sites (N-methyl/N-ethyl adjacent to an activating group) is 1. The number of anilines is 1. The van der Waals surface area contributed by atoms with Crippen molar-refractivity contribution in [2.75, 3.05) is 45.7 Å². The summed E-state index contributed by atoms with van der Waals surface area (Å²) in [6.45, 7) is 5.53. The number of nitrogens with zero attached hydrogens (tertiary/aromatic N) is 1. The molecule has 0 spiro atoms. The number of rotatable bonds is 5. The van der Waals surface area contributed by atoms with Crippen molar-refractivity contribution >= 4 is 21.6 Å². The van der Waals surface area contributed by atoms with Crippen LogP contribution in [0.15, 0.2) is 47.4 Å². The molecular formula is C24H33N3O6S. The lowest BCUT2D eigenvalue weighted by Gasteiger charge is -2.30. The zero-order valence-corrected chi connectivity index (χ0v) is 21.0. The van der Waals surface area contributed by atoms with Crippen molar-refractivity contribution in [2.24, 2.45) is 5.92 Å². The van der Waals surface area contributed by atoms with E-state index in [4.69, 9.17) is 14.2 Å². The monoisotopic (exact) mass is 491 g/mol. The molecule has 0 aromatic heterocycles. The molecule has 3 atom stereocenters. The molecule has 2 N–H and O–H groups in total. The van der Waals surface area contributed by atoms with Crippen LogP contribution in [0, 0.1) is 5.92 Å². The minimum Gasteiger partial charge on any atom is -0.497 e. The average molecular weight is 492 g/mol. The molecule has 0 bridgehead atoms. The number of amides is 1. The van der Waals surface area contributed by atoms with E-state index in [1.54, 1.807) is 43.3 Å². The Morgan fingerprint density at radius 3 is 2.62 bits per heavy atom. The van der Waals surface area contributed by atoms with Crippen LogP contribution in [0.2, 0.25) is 0 Å². The van der Waals surface area contributed by atoms with E-state index in [1.165, 1.54) is 25.3 Å². The first-order chi connectivity index (χ1) is 16.1. The first-order valence-electron chi connectivity index (χ1n) is 11.1. The van der Waals surface area contributed by atoms with Crippen molar-refractivity contribution in [1.29, 1.82) is 0 Å². The van der Waals surface area contributed by atoms with Crippen LogP contribution in [0.25, 0.3) is 0 Å². The van der Waals surface area contributed by atoms with Crippen LogP contribution in [-0.4, -0.2) is 72.3 Å². The molecule has 1 amide bonds. The van der Waals surface area contributed by atoms with Gasteiger partial charge in [0, 0.05) is 45.0 Å². The zero-order chi connectivity index (χ0) is 24.9. The van der Waals surface area contributed by atoms with E-state index >= 15 is 0 Å². The molecular weight excluding hydrogens is 458 g/mol. The molecule has 3 rings (SSSR count). The third-order valence-corrected chi connectivity index (χ3v) is 7.21. The smallest absolute Gasteiger partial charge is 0.262 e. The second-order valence-corrected chi connectivity index (χ2v) is 10.2. The van der Waals surface area contributed by atoms with Gasteiger partial charge in [0.2, 0.25) is 0 Å². The SMILES string of the molecule is COc1cccc(S(=O)(=O)Nc2ccc3c(c2)C(=O)N(C)C[C@H](OC)[C@H](C)CN[C@H](C)CO3)c1. The van der Waals surface area contributed by atoms with E-state index in [2.05, 4.69) is 17.0 Å². The number of carbonyl (C=O) groups excluding carboxylic acids is 1. The topological polar surface area (TPSA) is 106 Å². The van der Waals surface area contributed by atoms with Crippen LogP contribution < -0.4 is 19.5 Å². The number of fused-ring (bicyclic) bond motifs is 1. The molecule has 1 heterocycles.